The maximum Gasteiger partial charge on any atom is 0.0718 e. The van der Waals surface area contributed by atoms with E-state index in [0.717, 1.165) is 0 Å². The van der Waals surface area contributed by atoms with Crippen molar-refractivity contribution in [2.75, 3.05) is 0 Å². The minimum absolute atomic E-state index is 0.0830. The Labute approximate surface area is 113 Å². The number of nitrogens with two attached hydrogens (primary N) is 1. The van der Waals surface area contributed by atoms with Crippen molar-refractivity contribution in [3.8, 4) is 0 Å². The lowest BCUT2D eigenvalue weighted by Gasteiger charge is -2.15. The van der Waals surface area contributed by atoms with E-state index < -0.39 is 0 Å². The zero-order chi connectivity index (χ0) is 11.5. The zero-order valence-corrected chi connectivity index (χ0v) is 11.9. The Morgan fingerprint density at radius 2 is 2.12 bits per heavy atom. The van der Waals surface area contributed by atoms with Crippen LogP contribution >= 0.6 is 33.9 Å². The molecule has 84 valence electrons. The molecule has 0 radical (unpaired) electrons. The number of rotatable bonds is 3. The second-order valence-corrected chi connectivity index (χ2v) is 6.01. The average molecular weight is 344 g/mol. The van der Waals surface area contributed by atoms with Gasteiger partial charge in [0.05, 0.1) is 6.04 Å². The quantitative estimate of drug-likeness (QED) is 0.510. The number of hydrogen-bond donors (Lipinski definition) is 2. The lowest BCUT2D eigenvalue weighted by molar-refractivity contribution is 0.638. The van der Waals surface area contributed by atoms with E-state index in [1.54, 1.807) is 11.3 Å². The van der Waals surface area contributed by atoms with E-state index in [1.807, 2.05) is 0 Å². The van der Waals surface area contributed by atoms with Crippen molar-refractivity contribution >= 4 is 33.9 Å². The number of aryl methyl sites for hydroxylation is 1. The van der Waals surface area contributed by atoms with Gasteiger partial charge < -0.3 is 0 Å². The number of benzene rings is 1. The zero-order valence-electron chi connectivity index (χ0n) is 8.91. The van der Waals surface area contributed by atoms with Crippen molar-refractivity contribution in [3.63, 3.8) is 0 Å². The van der Waals surface area contributed by atoms with Gasteiger partial charge in [-0.3, -0.25) is 5.84 Å². The standard InChI is InChI=1S/C12H13IN2S/c1-8-5-10(7-16-8)12(15-14)9-3-2-4-11(13)6-9/h2-7,12,15H,14H2,1H3. The molecule has 1 atom stereocenters. The first-order chi connectivity index (χ1) is 7.70. The lowest BCUT2D eigenvalue weighted by atomic mass is 10.0. The molecular weight excluding hydrogens is 331 g/mol. The molecule has 0 aliphatic heterocycles. The number of nitrogens with one attached hydrogen (secondary N) is 1. The van der Waals surface area contributed by atoms with E-state index in [0.29, 0.717) is 0 Å². The Kier molecular flexibility index (Phi) is 3.96. The fourth-order valence-corrected chi connectivity index (χ4v) is 2.98. The number of hydrazine groups is 1. The summed E-state index contributed by atoms with van der Waals surface area (Å²) in [5.41, 5.74) is 5.31. The van der Waals surface area contributed by atoms with E-state index >= 15 is 0 Å². The molecule has 0 saturated carbocycles. The van der Waals surface area contributed by atoms with Gasteiger partial charge in [-0.1, -0.05) is 12.1 Å². The Hall–Kier alpha value is -0.430. The first-order valence-corrected chi connectivity index (χ1v) is 6.93. The van der Waals surface area contributed by atoms with Gasteiger partial charge in [0, 0.05) is 8.45 Å². The van der Waals surface area contributed by atoms with Crippen LogP contribution in [0.1, 0.15) is 22.0 Å². The molecule has 0 fully saturated rings. The van der Waals surface area contributed by atoms with Crippen molar-refractivity contribution in [1.29, 1.82) is 0 Å². The second-order valence-electron chi connectivity index (χ2n) is 3.65. The van der Waals surface area contributed by atoms with Crippen molar-refractivity contribution in [1.82, 2.24) is 5.43 Å². The van der Waals surface area contributed by atoms with Crippen LogP contribution in [0.25, 0.3) is 0 Å². The average Bonchev–Trinajstić information content (AvgIpc) is 2.66. The SMILES string of the molecule is Cc1cc(C(NN)c2cccc(I)c2)cs1. The third kappa shape index (κ3) is 2.63. The summed E-state index contributed by atoms with van der Waals surface area (Å²) in [6.07, 6.45) is 0. The van der Waals surface area contributed by atoms with Crippen LogP contribution in [0.5, 0.6) is 0 Å². The second kappa shape index (κ2) is 5.27. The maximum atomic E-state index is 5.65. The van der Waals surface area contributed by atoms with E-state index in [1.165, 1.54) is 19.6 Å². The number of thiophene rings is 1. The summed E-state index contributed by atoms with van der Waals surface area (Å²) in [4.78, 5) is 1.31. The van der Waals surface area contributed by atoms with Gasteiger partial charge in [0.15, 0.2) is 0 Å². The van der Waals surface area contributed by atoms with Crippen molar-refractivity contribution in [3.05, 3.63) is 55.3 Å². The third-order valence-electron chi connectivity index (χ3n) is 2.43. The molecule has 0 aliphatic rings. The van der Waals surface area contributed by atoms with Gasteiger partial charge in [-0.2, -0.15) is 0 Å². The molecule has 3 N–H and O–H groups in total. The van der Waals surface area contributed by atoms with E-state index in [4.69, 9.17) is 5.84 Å². The molecule has 0 amide bonds. The molecule has 1 unspecified atom stereocenters. The van der Waals surface area contributed by atoms with Gasteiger partial charge in [-0.05, 0) is 64.2 Å². The Balaban J connectivity index is 2.36. The summed E-state index contributed by atoms with van der Waals surface area (Å²) >= 11 is 4.06. The predicted molar refractivity (Wildman–Crippen MR) is 77.4 cm³/mol. The predicted octanol–water partition coefficient (Wildman–Crippen LogP) is 3.21. The van der Waals surface area contributed by atoms with Gasteiger partial charge in [-0.15, -0.1) is 11.3 Å². The minimum Gasteiger partial charge on any atom is -0.271 e. The van der Waals surface area contributed by atoms with E-state index in [-0.39, 0.29) is 6.04 Å². The summed E-state index contributed by atoms with van der Waals surface area (Å²) in [6.45, 7) is 2.11. The molecular formula is C12H13IN2S. The van der Waals surface area contributed by atoms with Crippen LogP contribution < -0.4 is 11.3 Å². The highest BCUT2D eigenvalue weighted by atomic mass is 127. The molecule has 0 aliphatic carbocycles. The molecule has 0 saturated heterocycles. The van der Waals surface area contributed by atoms with Gasteiger partial charge in [-0.25, -0.2) is 5.43 Å². The van der Waals surface area contributed by atoms with Crippen molar-refractivity contribution in [2.45, 2.75) is 13.0 Å². The molecule has 2 rings (SSSR count). The molecule has 1 aromatic carbocycles. The van der Waals surface area contributed by atoms with Crippen LogP contribution in [0.15, 0.2) is 35.7 Å². The third-order valence-corrected chi connectivity index (χ3v) is 3.98. The van der Waals surface area contributed by atoms with Gasteiger partial charge in [0.1, 0.15) is 0 Å². The van der Waals surface area contributed by atoms with Crippen LogP contribution in [0.4, 0.5) is 0 Å². The molecule has 1 aromatic heterocycles. The van der Waals surface area contributed by atoms with Crippen LogP contribution in [-0.2, 0) is 0 Å². The van der Waals surface area contributed by atoms with Gasteiger partial charge in [0.25, 0.3) is 0 Å². The first-order valence-electron chi connectivity index (χ1n) is 4.97. The Morgan fingerprint density at radius 3 is 2.69 bits per heavy atom. The summed E-state index contributed by atoms with van der Waals surface area (Å²) < 4.78 is 1.22. The number of halogens is 1. The maximum absolute atomic E-state index is 5.65. The summed E-state index contributed by atoms with van der Waals surface area (Å²) in [5.74, 6) is 5.65. The Morgan fingerprint density at radius 1 is 1.31 bits per heavy atom. The van der Waals surface area contributed by atoms with E-state index in [2.05, 4.69) is 70.7 Å². The smallest absolute Gasteiger partial charge is 0.0718 e. The molecule has 4 heteroatoms. The molecule has 1 heterocycles. The molecule has 0 spiro atoms. The number of hydrogen-bond acceptors (Lipinski definition) is 3. The van der Waals surface area contributed by atoms with Crippen molar-refractivity contribution < 1.29 is 0 Å². The first kappa shape index (κ1) is 12.0. The van der Waals surface area contributed by atoms with Crippen LogP contribution in [0, 0.1) is 10.5 Å². The summed E-state index contributed by atoms with van der Waals surface area (Å²) in [6, 6.07) is 10.6. The Bertz CT molecular complexity index is 481. The highest BCUT2D eigenvalue weighted by Crippen LogP contribution is 2.26. The molecule has 2 aromatic rings. The van der Waals surface area contributed by atoms with Crippen LogP contribution in [0.3, 0.4) is 0 Å². The lowest BCUT2D eigenvalue weighted by Crippen LogP contribution is -2.28. The summed E-state index contributed by atoms with van der Waals surface area (Å²) in [5, 5.41) is 2.15. The van der Waals surface area contributed by atoms with E-state index in [9.17, 15) is 0 Å². The van der Waals surface area contributed by atoms with Crippen molar-refractivity contribution in [2.24, 2.45) is 5.84 Å². The minimum atomic E-state index is 0.0830. The van der Waals surface area contributed by atoms with Gasteiger partial charge >= 0.3 is 0 Å². The monoisotopic (exact) mass is 344 g/mol. The largest absolute Gasteiger partial charge is 0.271 e. The molecule has 0 bridgehead atoms. The normalized spacial score (nSPS) is 12.7. The highest BCUT2D eigenvalue weighted by molar-refractivity contribution is 14.1. The van der Waals surface area contributed by atoms with Crippen LogP contribution in [-0.4, -0.2) is 0 Å². The van der Waals surface area contributed by atoms with Crippen LogP contribution in [0.2, 0.25) is 0 Å². The topological polar surface area (TPSA) is 38.0 Å². The summed E-state index contributed by atoms with van der Waals surface area (Å²) in [7, 11) is 0. The van der Waals surface area contributed by atoms with Gasteiger partial charge in [0.2, 0.25) is 0 Å². The molecule has 16 heavy (non-hydrogen) atoms. The fourth-order valence-electron chi connectivity index (χ4n) is 1.69. The fraction of sp³-hybridized carbons (Fsp3) is 0.167. The highest BCUT2D eigenvalue weighted by Gasteiger charge is 2.13. The molecule has 2 nitrogen and oxygen atoms in total.